The van der Waals surface area contributed by atoms with Crippen molar-refractivity contribution < 1.29 is 24.0 Å². The van der Waals surface area contributed by atoms with E-state index in [1.54, 1.807) is 16.2 Å². The standard InChI is InChI=1S/C36H52N6O5S/c1-23-20-29(47-39-23)30(36(7,8)21-40-16-18-41(19-17-40)34(45)46-35(4,5)6)33(44)42-15-9-10-28(42)32(43)38-24(2)26-11-13-27(14-12-26)31-25(3)37-22-48-31/h11-14,20,22,24,28,30,34,45H,9-10,15-19,21H2,1-8H3,(H,38,43)/t24-,28-,30-,34?/m0/s1. The highest BCUT2D eigenvalue weighted by Crippen LogP contribution is 2.40. The van der Waals surface area contributed by atoms with E-state index in [1.165, 1.54) is 0 Å². The summed E-state index contributed by atoms with van der Waals surface area (Å²) in [5.74, 6) is -0.363. The van der Waals surface area contributed by atoms with Gasteiger partial charge in [-0.1, -0.05) is 43.3 Å². The van der Waals surface area contributed by atoms with Crippen molar-refractivity contribution in [2.24, 2.45) is 5.41 Å². The Morgan fingerprint density at radius 3 is 2.35 bits per heavy atom. The van der Waals surface area contributed by atoms with E-state index in [4.69, 9.17) is 9.26 Å². The summed E-state index contributed by atoms with van der Waals surface area (Å²) in [4.78, 5) is 39.8. The number of rotatable bonds is 11. The monoisotopic (exact) mass is 680 g/mol. The second-order valence-electron chi connectivity index (χ2n) is 15.0. The predicted octanol–water partition coefficient (Wildman–Crippen LogP) is 5.10. The lowest BCUT2D eigenvalue weighted by molar-refractivity contribution is -0.244. The van der Waals surface area contributed by atoms with E-state index in [2.05, 4.69) is 46.3 Å². The van der Waals surface area contributed by atoms with Crippen molar-refractivity contribution in [1.82, 2.24) is 30.2 Å². The Bertz CT molecular complexity index is 1540. The number of aliphatic hydroxyl groups is 1. The number of benzene rings is 1. The summed E-state index contributed by atoms with van der Waals surface area (Å²) in [6.45, 7) is 19.7. The highest BCUT2D eigenvalue weighted by molar-refractivity contribution is 7.13. The highest BCUT2D eigenvalue weighted by Gasteiger charge is 2.46. The van der Waals surface area contributed by atoms with Crippen LogP contribution in [-0.4, -0.2) is 99.1 Å². The van der Waals surface area contributed by atoms with Gasteiger partial charge in [0.25, 0.3) is 0 Å². The van der Waals surface area contributed by atoms with Gasteiger partial charge in [-0.05, 0) is 70.9 Å². The molecule has 12 heteroatoms. The van der Waals surface area contributed by atoms with E-state index >= 15 is 0 Å². The smallest absolute Gasteiger partial charge is 0.243 e. The molecule has 2 N–H and O–H groups in total. The Kier molecular flexibility index (Phi) is 11.1. The van der Waals surface area contributed by atoms with Gasteiger partial charge in [0.15, 0.2) is 0 Å². The quantitative estimate of drug-likeness (QED) is 0.266. The molecule has 2 aromatic heterocycles. The van der Waals surface area contributed by atoms with E-state index in [0.717, 1.165) is 41.2 Å². The second kappa shape index (κ2) is 14.8. The second-order valence-corrected chi connectivity index (χ2v) is 15.8. The van der Waals surface area contributed by atoms with Gasteiger partial charge in [-0.2, -0.15) is 0 Å². The van der Waals surface area contributed by atoms with Crippen molar-refractivity contribution in [3.63, 3.8) is 0 Å². The van der Waals surface area contributed by atoms with Crippen molar-refractivity contribution in [2.45, 2.75) is 98.2 Å². The van der Waals surface area contributed by atoms with Crippen LogP contribution in [0.3, 0.4) is 0 Å². The van der Waals surface area contributed by atoms with Crippen LogP contribution >= 0.6 is 11.3 Å². The van der Waals surface area contributed by atoms with Gasteiger partial charge in [-0.25, -0.2) is 4.98 Å². The summed E-state index contributed by atoms with van der Waals surface area (Å²) < 4.78 is 11.5. The molecule has 2 aliphatic rings. The van der Waals surface area contributed by atoms with E-state index in [0.29, 0.717) is 44.1 Å². The Hall–Kier alpha value is -3.16. The van der Waals surface area contributed by atoms with Crippen LogP contribution < -0.4 is 5.32 Å². The lowest BCUT2D eigenvalue weighted by atomic mass is 9.75. The number of nitrogens with zero attached hydrogens (tertiary/aromatic N) is 5. The minimum atomic E-state index is -0.958. The number of ether oxygens (including phenoxy) is 1. The third-order valence-electron chi connectivity index (χ3n) is 9.38. The molecule has 11 nitrogen and oxygen atoms in total. The number of piperazine rings is 1. The molecule has 0 spiro atoms. The highest BCUT2D eigenvalue weighted by atomic mass is 32.1. The van der Waals surface area contributed by atoms with Crippen LogP contribution in [0.2, 0.25) is 0 Å². The number of carbonyl (C=O) groups is 2. The number of thiazole rings is 1. The minimum absolute atomic E-state index is 0.113. The average Bonchev–Trinajstić information content (AvgIpc) is 3.78. The first kappa shape index (κ1) is 36.1. The van der Waals surface area contributed by atoms with Gasteiger partial charge in [-0.15, -0.1) is 11.3 Å². The molecule has 3 aromatic rings. The van der Waals surface area contributed by atoms with Gasteiger partial charge < -0.3 is 29.5 Å². The minimum Gasteiger partial charge on any atom is -0.360 e. The first-order valence-corrected chi connectivity index (χ1v) is 17.9. The molecule has 0 saturated carbocycles. The number of amides is 2. The maximum atomic E-state index is 14.5. The zero-order chi connectivity index (χ0) is 34.8. The number of hydrogen-bond donors (Lipinski definition) is 2. The number of nitrogens with one attached hydrogen (secondary N) is 1. The number of aliphatic hydroxyl groups excluding tert-OH is 1. The van der Waals surface area contributed by atoms with Gasteiger partial charge in [-0.3, -0.25) is 14.5 Å². The van der Waals surface area contributed by atoms with Gasteiger partial charge in [0.1, 0.15) is 17.7 Å². The third-order valence-corrected chi connectivity index (χ3v) is 10.4. The van der Waals surface area contributed by atoms with Gasteiger partial charge in [0, 0.05) is 45.3 Å². The van der Waals surface area contributed by atoms with Crippen molar-refractivity contribution in [2.75, 3.05) is 39.3 Å². The molecule has 2 saturated heterocycles. The van der Waals surface area contributed by atoms with E-state index in [-0.39, 0.29) is 17.9 Å². The molecule has 0 aliphatic carbocycles. The molecular weight excluding hydrogens is 629 g/mol. The summed E-state index contributed by atoms with van der Waals surface area (Å²) in [5, 5.41) is 17.9. The molecular formula is C36H52N6O5S. The molecule has 2 fully saturated rings. The topological polar surface area (TPSA) is 124 Å². The Morgan fingerprint density at radius 2 is 1.77 bits per heavy atom. The summed E-state index contributed by atoms with van der Waals surface area (Å²) in [6.07, 6.45) is 0.405. The first-order valence-electron chi connectivity index (χ1n) is 17.0. The number of hydrogen-bond acceptors (Lipinski definition) is 10. The fraction of sp³-hybridized carbons (Fsp3) is 0.611. The van der Waals surface area contributed by atoms with Gasteiger partial charge in [0.2, 0.25) is 18.2 Å². The largest absolute Gasteiger partial charge is 0.360 e. The first-order chi connectivity index (χ1) is 22.6. The average molecular weight is 681 g/mol. The molecule has 2 aliphatic heterocycles. The molecule has 262 valence electrons. The Balaban J connectivity index is 1.26. The zero-order valence-electron chi connectivity index (χ0n) is 29.7. The van der Waals surface area contributed by atoms with Crippen LogP contribution in [0.25, 0.3) is 10.4 Å². The summed E-state index contributed by atoms with van der Waals surface area (Å²) in [5.41, 5.74) is 4.68. The number of likely N-dealkylation sites (tertiary alicyclic amines) is 1. The normalized spacial score (nSPS) is 20.1. The summed E-state index contributed by atoms with van der Waals surface area (Å²) >= 11 is 1.62. The van der Waals surface area contributed by atoms with E-state index in [1.807, 2.05) is 70.2 Å². The van der Waals surface area contributed by atoms with Crippen LogP contribution in [0.4, 0.5) is 0 Å². The molecule has 1 aromatic carbocycles. The molecule has 48 heavy (non-hydrogen) atoms. The fourth-order valence-electron chi connectivity index (χ4n) is 6.93. The van der Waals surface area contributed by atoms with Crippen molar-refractivity contribution >= 4 is 23.2 Å². The number of carbonyl (C=O) groups excluding carboxylic acids is 2. The summed E-state index contributed by atoms with van der Waals surface area (Å²) in [6, 6.07) is 9.28. The SMILES string of the molecule is Cc1cc([C@@H](C(=O)N2CCC[C@H]2C(=O)N[C@@H](C)c2ccc(-c3scnc3C)cc2)C(C)(C)CN2CCN(C(O)OC(C)(C)C)CC2)on1. The lowest BCUT2D eigenvalue weighted by Gasteiger charge is -2.43. The van der Waals surface area contributed by atoms with Crippen LogP contribution in [0.1, 0.15) is 89.1 Å². The van der Waals surface area contributed by atoms with Crippen molar-refractivity contribution in [1.29, 1.82) is 0 Å². The molecule has 5 rings (SSSR count). The van der Waals surface area contributed by atoms with Gasteiger partial charge in [0.05, 0.1) is 33.4 Å². The number of aryl methyl sites for hydroxylation is 2. The molecule has 1 unspecified atom stereocenters. The Labute approximate surface area is 288 Å². The molecule has 4 heterocycles. The van der Waals surface area contributed by atoms with Crippen LogP contribution in [0.5, 0.6) is 0 Å². The maximum absolute atomic E-state index is 14.5. The number of aromatic nitrogens is 2. The zero-order valence-corrected chi connectivity index (χ0v) is 30.5. The van der Waals surface area contributed by atoms with E-state index < -0.39 is 29.4 Å². The van der Waals surface area contributed by atoms with Crippen molar-refractivity contribution in [3.05, 3.63) is 58.6 Å². The molecule has 4 atom stereocenters. The predicted molar refractivity (Wildman–Crippen MR) is 186 cm³/mol. The maximum Gasteiger partial charge on any atom is 0.243 e. The molecule has 2 amide bonds. The van der Waals surface area contributed by atoms with Crippen LogP contribution in [0, 0.1) is 19.3 Å². The van der Waals surface area contributed by atoms with Crippen molar-refractivity contribution in [3.8, 4) is 10.4 Å². The van der Waals surface area contributed by atoms with Gasteiger partial charge >= 0.3 is 0 Å². The van der Waals surface area contributed by atoms with Crippen LogP contribution in [-0.2, 0) is 14.3 Å². The third kappa shape index (κ3) is 8.52. The lowest BCUT2D eigenvalue weighted by Crippen LogP contribution is -2.55. The van der Waals surface area contributed by atoms with Crippen LogP contribution in [0.15, 0.2) is 40.4 Å². The molecule has 0 bridgehead atoms. The Morgan fingerprint density at radius 1 is 1.08 bits per heavy atom. The summed E-state index contributed by atoms with van der Waals surface area (Å²) in [7, 11) is 0. The van der Waals surface area contributed by atoms with E-state index in [9.17, 15) is 14.7 Å². The molecule has 0 radical (unpaired) electrons. The fourth-order valence-corrected chi connectivity index (χ4v) is 7.74.